The first kappa shape index (κ1) is 13.6. The van der Waals surface area contributed by atoms with Gasteiger partial charge >= 0.3 is 5.63 Å². The van der Waals surface area contributed by atoms with Crippen LogP contribution in [0, 0.1) is 13.8 Å². The number of hydrogen-bond donors (Lipinski definition) is 0. The highest BCUT2D eigenvalue weighted by Crippen LogP contribution is 2.17. The predicted octanol–water partition coefficient (Wildman–Crippen LogP) is 4.20. The number of rotatable bonds is 3. The molecule has 0 atom stereocenters. The highest BCUT2D eigenvalue weighted by atomic mass is 16.4. The summed E-state index contributed by atoms with van der Waals surface area (Å²) in [4.78, 5) is 11.2. The summed E-state index contributed by atoms with van der Waals surface area (Å²) in [6, 6.07) is 15.9. The van der Waals surface area contributed by atoms with E-state index in [-0.39, 0.29) is 5.63 Å². The Morgan fingerprint density at radius 2 is 1.52 bits per heavy atom. The monoisotopic (exact) mass is 278 g/mol. The first-order valence-corrected chi connectivity index (χ1v) is 7.21. The Labute approximate surface area is 124 Å². The first-order valence-electron chi connectivity index (χ1n) is 7.21. The van der Waals surface area contributed by atoms with E-state index in [4.69, 9.17) is 4.42 Å². The lowest BCUT2D eigenvalue weighted by atomic mass is 10.00. The molecule has 1 heterocycles. The van der Waals surface area contributed by atoms with Crippen molar-refractivity contribution in [2.24, 2.45) is 0 Å². The molecule has 3 aromatic rings. The highest BCUT2D eigenvalue weighted by Gasteiger charge is 2.01. The minimum absolute atomic E-state index is 0.301. The summed E-state index contributed by atoms with van der Waals surface area (Å²) in [7, 11) is 0. The molecule has 0 saturated heterocycles. The second-order valence-corrected chi connectivity index (χ2v) is 5.55. The van der Waals surface area contributed by atoms with Gasteiger partial charge in [-0.3, -0.25) is 0 Å². The van der Waals surface area contributed by atoms with Crippen molar-refractivity contribution in [2.75, 3.05) is 0 Å². The maximum atomic E-state index is 11.2. The molecule has 0 spiro atoms. The minimum atomic E-state index is -0.301. The Hall–Kier alpha value is -2.35. The van der Waals surface area contributed by atoms with Gasteiger partial charge in [-0.05, 0) is 67.1 Å². The Morgan fingerprint density at radius 3 is 2.29 bits per heavy atom. The zero-order valence-corrected chi connectivity index (χ0v) is 12.3. The molecule has 2 nitrogen and oxygen atoms in total. The van der Waals surface area contributed by atoms with Crippen LogP contribution >= 0.6 is 0 Å². The normalized spacial score (nSPS) is 11.0. The third-order valence-electron chi connectivity index (χ3n) is 3.96. The molecule has 2 heteroatoms. The molecule has 106 valence electrons. The van der Waals surface area contributed by atoms with Crippen LogP contribution < -0.4 is 5.63 Å². The lowest BCUT2D eigenvalue weighted by Crippen LogP contribution is -1.96. The standard InChI is InChI=1S/C19H18O2/c1-13-3-4-15(11-14(13)2)5-6-16-7-9-18-17(12-16)8-10-19(20)21-18/h3-4,7-12H,5-6H2,1-2H3. The van der Waals surface area contributed by atoms with E-state index in [0.717, 1.165) is 18.2 Å². The van der Waals surface area contributed by atoms with Gasteiger partial charge in [0.05, 0.1) is 0 Å². The molecule has 0 bridgehead atoms. The first-order chi connectivity index (χ1) is 10.1. The Balaban J connectivity index is 1.80. The van der Waals surface area contributed by atoms with Crippen molar-refractivity contribution in [3.63, 3.8) is 0 Å². The van der Waals surface area contributed by atoms with Crippen LogP contribution in [0.25, 0.3) is 11.0 Å². The smallest absolute Gasteiger partial charge is 0.336 e. The van der Waals surface area contributed by atoms with Crippen LogP contribution in [0.4, 0.5) is 0 Å². The summed E-state index contributed by atoms with van der Waals surface area (Å²) in [5, 5.41) is 0.979. The van der Waals surface area contributed by atoms with E-state index < -0.39 is 0 Å². The fraction of sp³-hybridized carbons (Fsp3) is 0.211. The Kier molecular flexibility index (Phi) is 3.61. The van der Waals surface area contributed by atoms with Gasteiger partial charge in [-0.2, -0.15) is 0 Å². The molecule has 0 radical (unpaired) electrons. The van der Waals surface area contributed by atoms with Gasteiger partial charge in [-0.15, -0.1) is 0 Å². The molecule has 0 amide bonds. The summed E-state index contributed by atoms with van der Waals surface area (Å²) in [6.45, 7) is 4.28. The van der Waals surface area contributed by atoms with E-state index in [1.54, 1.807) is 0 Å². The third kappa shape index (κ3) is 3.05. The van der Waals surface area contributed by atoms with Gasteiger partial charge in [0.2, 0.25) is 0 Å². The van der Waals surface area contributed by atoms with E-state index in [2.05, 4.69) is 38.1 Å². The van der Waals surface area contributed by atoms with E-state index in [9.17, 15) is 4.79 Å². The molecule has 0 unspecified atom stereocenters. The van der Waals surface area contributed by atoms with Crippen molar-refractivity contribution in [3.05, 3.63) is 81.2 Å². The van der Waals surface area contributed by atoms with Crippen LogP contribution in [0.15, 0.2) is 57.7 Å². The van der Waals surface area contributed by atoms with Crippen LogP contribution in [0.2, 0.25) is 0 Å². The molecule has 3 rings (SSSR count). The number of hydrogen-bond acceptors (Lipinski definition) is 2. The number of fused-ring (bicyclic) bond motifs is 1. The molecule has 1 aromatic heterocycles. The van der Waals surface area contributed by atoms with E-state index >= 15 is 0 Å². The Morgan fingerprint density at radius 1 is 0.810 bits per heavy atom. The van der Waals surface area contributed by atoms with Crippen molar-refractivity contribution >= 4 is 11.0 Å². The van der Waals surface area contributed by atoms with Crippen molar-refractivity contribution in [1.29, 1.82) is 0 Å². The van der Waals surface area contributed by atoms with E-state index in [1.807, 2.05) is 18.2 Å². The fourth-order valence-corrected chi connectivity index (χ4v) is 2.52. The summed E-state index contributed by atoms with van der Waals surface area (Å²) in [5.74, 6) is 0. The van der Waals surface area contributed by atoms with Gasteiger partial charge in [-0.25, -0.2) is 4.79 Å². The molecular weight excluding hydrogens is 260 g/mol. The zero-order chi connectivity index (χ0) is 14.8. The van der Waals surface area contributed by atoms with Gasteiger partial charge in [0.1, 0.15) is 5.58 Å². The third-order valence-corrected chi connectivity index (χ3v) is 3.96. The van der Waals surface area contributed by atoms with E-state index in [0.29, 0.717) is 5.58 Å². The second kappa shape index (κ2) is 5.57. The highest BCUT2D eigenvalue weighted by molar-refractivity contribution is 5.76. The molecule has 0 saturated carbocycles. The molecule has 0 fully saturated rings. The van der Waals surface area contributed by atoms with Gasteiger partial charge in [-0.1, -0.05) is 24.3 Å². The van der Waals surface area contributed by atoms with Crippen LogP contribution in [0.3, 0.4) is 0 Å². The minimum Gasteiger partial charge on any atom is -0.423 e. The number of benzene rings is 2. The average Bonchev–Trinajstić information content (AvgIpc) is 2.48. The summed E-state index contributed by atoms with van der Waals surface area (Å²) in [5.41, 5.74) is 5.64. The topological polar surface area (TPSA) is 30.2 Å². The van der Waals surface area contributed by atoms with Crippen LogP contribution in [-0.4, -0.2) is 0 Å². The van der Waals surface area contributed by atoms with Crippen LogP contribution in [-0.2, 0) is 12.8 Å². The number of aryl methyl sites for hydroxylation is 4. The van der Waals surface area contributed by atoms with Crippen molar-refractivity contribution in [1.82, 2.24) is 0 Å². The SMILES string of the molecule is Cc1ccc(CCc2ccc3oc(=O)ccc3c2)cc1C. The molecule has 0 aliphatic rings. The largest absolute Gasteiger partial charge is 0.423 e. The maximum Gasteiger partial charge on any atom is 0.336 e. The summed E-state index contributed by atoms with van der Waals surface area (Å²) in [6.07, 6.45) is 2.00. The molecule has 0 N–H and O–H groups in total. The van der Waals surface area contributed by atoms with Crippen molar-refractivity contribution in [3.8, 4) is 0 Å². The summed E-state index contributed by atoms with van der Waals surface area (Å²) < 4.78 is 5.15. The summed E-state index contributed by atoms with van der Waals surface area (Å²) >= 11 is 0. The second-order valence-electron chi connectivity index (χ2n) is 5.55. The lowest BCUT2D eigenvalue weighted by molar-refractivity contribution is 0.561. The van der Waals surface area contributed by atoms with Gasteiger partial charge < -0.3 is 4.42 Å². The van der Waals surface area contributed by atoms with Crippen LogP contribution in [0.5, 0.6) is 0 Å². The fourth-order valence-electron chi connectivity index (χ4n) is 2.52. The Bertz CT molecular complexity index is 844. The van der Waals surface area contributed by atoms with Gasteiger partial charge in [0, 0.05) is 11.5 Å². The van der Waals surface area contributed by atoms with Crippen LogP contribution in [0.1, 0.15) is 22.3 Å². The average molecular weight is 278 g/mol. The molecular formula is C19H18O2. The zero-order valence-electron chi connectivity index (χ0n) is 12.3. The molecule has 21 heavy (non-hydrogen) atoms. The van der Waals surface area contributed by atoms with Gasteiger partial charge in [0.25, 0.3) is 0 Å². The quantitative estimate of drug-likeness (QED) is 0.672. The van der Waals surface area contributed by atoms with E-state index in [1.165, 1.54) is 28.3 Å². The van der Waals surface area contributed by atoms with Crippen molar-refractivity contribution in [2.45, 2.75) is 26.7 Å². The van der Waals surface area contributed by atoms with Crippen molar-refractivity contribution < 1.29 is 4.42 Å². The molecule has 2 aromatic carbocycles. The predicted molar refractivity (Wildman–Crippen MR) is 85.8 cm³/mol. The lowest BCUT2D eigenvalue weighted by Gasteiger charge is -2.06. The molecule has 0 aliphatic carbocycles. The van der Waals surface area contributed by atoms with Gasteiger partial charge in [0.15, 0.2) is 0 Å². The molecule has 0 aliphatic heterocycles. The maximum absolute atomic E-state index is 11.2.